The maximum Gasteiger partial charge on any atom is 0.273 e. The lowest BCUT2D eigenvalue weighted by molar-refractivity contribution is 0.0949. The van der Waals surface area contributed by atoms with E-state index < -0.39 is 0 Å². The number of aromatic nitrogens is 5. The quantitative estimate of drug-likeness (QED) is 0.713. The Bertz CT molecular complexity index is 571. The number of rotatable bonds is 5. The number of nitrogens with one attached hydrogen (secondary N) is 3. The minimum absolute atomic E-state index is 0.193. The molecule has 3 heterocycles. The molecule has 0 radical (unpaired) electrons. The Labute approximate surface area is 122 Å². The summed E-state index contributed by atoms with van der Waals surface area (Å²) >= 11 is 0. The summed E-state index contributed by atoms with van der Waals surface area (Å²) in [4.78, 5) is 19.1. The van der Waals surface area contributed by atoms with E-state index in [1.165, 1.54) is 0 Å². The summed E-state index contributed by atoms with van der Waals surface area (Å²) in [6.07, 6.45) is 7.90. The third kappa shape index (κ3) is 3.46. The van der Waals surface area contributed by atoms with Gasteiger partial charge in [-0.3, -0.25) is 4.79 Å². The van der Waals surface area contributed by atoms with Crippen molar-refractivity contribution in [2.24, 2.45) is 0 Å². The number of piperidine rings is 1. The van der Waals surface area contributed by atoms with E-state index in [0.717, 1.165) is 31.8 Å². The Morgan fingerprint density at radius 2 is 2.29 bits per heavy atom. The summed E-state index contributed by atoms with van der Waals surface area (Å²) in [5.74, 6) is 0.662. The van der Waals surface area contributed by atoms with Crippen molar-refractivity contribution >= 4 is 5.91 Å². The van der Waals surface area contributed by atoms with Crippen LogP contribution in [0.5, 0.6) is 0 Å². The molecule has 0 atom stereocenters. The van der Waals surface area contributed by atoms with Crippen LogP contribution in [0.15, 0.2) is 18.6 Å². The Morgan fingerprint density at radius 3 is 3.05 bits per heavy atom. The predicted octanol–water partition coefficient (Wildman–Crippen LogP) is -0.102. The number of aromatic amines is 1. The van der Waals surface area contributed by atoms with Crippen molar-refractivity contribution in [1.82, 2.24) is 35.6 Å². The largest absolute Gasteiger partial charge is 0.350 e. The van der Waals surface area contributed by atoms with Crippen molar-refractivity contribution in [1.29, 1.82) is 0 Å². The molecule has 1 fully saturated rings. The van der Waals surface area contributed by atoms with Crippen LogP contribution in [-0.4, -0.2) is 50.5 Å². The molecule has 112 valence electrons. The molecular weight excluding hydrogens is 270 g/mol. The van der Waals surface area contributed by atoms with Crippen LogP contribution < -0.4 is 10.6 Å². The number of hydrogen-bond donors (Lipinski definition) is 3. The highest BCUT2D eigenvalue weighted by atomic mass is 16.2. The van der Waals surface area contributed by atoms with Gasteiger partial charge in [0, 0.05) is 25.4 Å². The second kappa shape index (κ2) is 6.49. The molecule has 8 nitrogen and oxygen atoms in total. The van der Waals surface area contributed by atoms with Gasteiger partial charge in [-0.05, 0) is 25.9 Å². The molecule has 1 aliphatic heterocycles. The fourth-order valence-electron chi connectivity index (χ4n) is 2.45. The third-order valence-corrected chi connectivity index (χ3v) is 3.63. The third-order valence-electron chi connectivity index (χ3n) is 3.63. The Kier molecular flexibility index (Phi) is 4.25. The van der Waals surface area contributed by atoms with Crippen molar-refractivity contribution < 1.29 is 4.79 Å². The van der Waals surface area contributed by atoms with Gasteiger partial charge >= 0.3 is 0 Å². The van der Waals surface area contributed by atoms with Crippen LogP contribution in [0.2, 0.25) is 0 Å². The van der Waals surface area contributed by atoms with Gasteiger partial charge in [0.25, 0.3) is 5.91 Å². The molecule has 0 saturated carbocycles. The lowest BCUT2D eigenvalue weighted by atomic mass is 10.1. The van der Waals surface area contributed by atoms with Crippen LogP contribution in [0.3, 0.4) is 0 Å². The van der Waals surface area contributed by atoms with Gasteiger partial charge in [0.05, 0.1) is 12.2 Å². The predicted molar refractivity (Wildman–Crippen MR) is 75.8 cm³/mol. The zero-order valence-corrected chi connectivity index (χ0v) is 11.7. The molecule has 0 aromatic carbocycles. The molecule has 3 rings (SSSR count). The number of hydrogen-bond acceptors (Lipinski definition) is 5. The molecule has 1 saturated heterocycles. The second-order valence-corrected chi connectivity index (χ2v) is 5.11. The van der Waals surface area contributed by atoms with Gasteiger partial charge in [0.1, 0.15) is 5.82 Å². The molecule has 1 amide bonds. The molecule has 1 aliphatic rings. The second-order valence-electron chi connectivity index (χ2n) is 5.11. The molecule has 3 N–H and O–H groups in total. The van der Waals surface area contributed by atoms with Crippen molar-refractivity contribution in [3.63, 3.8) is 0 Å². The van der Waals surface area contributed by atoms with E-state index in [0.29, 0.717) is 24.7 Å². The highest BCUT2D eigenvalue weighted by Gasteiger charge is 2.18. The van der Waals surface area contributed by atoms with Crippen molar-refractivity contribution in [3.05, 3.63) is 30.1 Å². The molecule has 0 spiro atoms. The van der Waals surface area contributed by atoms with E-state index in [1.54, 1.807) is 18.6 Å². The topological polar surface area (TPSA) is 101 Å². The van der Waals surface area contributed by atoms with Gasteiger partial charge < -0.3 is 15.6 Å². The van der Waals surface area contributed by atoms with E-state index in [2.05, 4.69) is 30.9 Å². The summed E-state index contributed by atoms with van der Waals surface area (Å²) in [6, 6.07) is 0.336. The van der Waals surface area contributed by atoms with Gasteiger partial charge in [0.15, 0.2) is 5.69 Å². The summed E-state index contributed by atoms with van der Waals surface area (Å²) in [6.45, 7) is 2.48. The van der Waals surface area contributed by atoms with Crippen LogP contribution >= 0.6 is 0 Å². The van der Waals surface area contributed by atoms with Crippen LogP contribution in [-0.2, 0) is 6.42 Å². The number of nitrogens with zero attached hydrogens (tertiary/aromatic N) is 4. The van der Waals surface area contributed by atoms with Crippen LogP contribution in [0.1, 0.15) is 35.2 Å². The monoisotopic (exact) mass is 289 g/mol. The van der Waals surface area contributed by atoms with Gasteiger partial charge in [-0.25, -0.2) is 9.67 Å². The lowest BCUT2D eigenvalue weighted by Crippen LogP contribution is -2.29. The maximum atomic E-state index is 12.0. The fourth-order valence-corrected chi connectivity index (χ4v) is 2.45. The molecule has 8 heteroatoms. The SMILES string of the molecule is O=C(NCCc1ncc[nH]1)c1cn(C2CCNCC2)nn1. The summed E-state index contributed by atoms with van der Waals surface area (Å²) in [5.41, 5.74) is 0.368. The summed E-state index contributed by atoms with van der Waals surface area (Å²) in [5, 5.41) is 14.2. The molecule has 21 heavy (non-hydrogen) atoms. The van der Waals surface area contributed by atoms with Crippen LogP contribution in [0.25, 0.3) is 0 Å². The fraction of sp³-hybridized carbons (Fsp3) is 0.538. The highest BCUT2D eigenvalue weighted by molar-refractivity contribution is 5.91. The first kappa shape index (κ1) is 13.7. The average Bonchev–Trinajstić information content (AvgIpc) is 3.20. The smallest absolute Gasteiger partial charge is 0.273 e. The number of amides is 1. The lowest BCUT2D eigenvalue weighted by Gasteiger charge is -2.22. The van der Waals surface area contributed by atoms with Crippen molar-refractivity contribution in [2.75, 3.05) is 19.6 Å². The minimum atomic E-state index is -0.193. The molecular formula is C13H19N7O. The number of imidazole rings is 1. The molecule has 2 aromatic heterocycles. The molecule has 0 bridgehead atoms. The van der Waals surface area contributed by atoms with E-state index >= 15 is 0 Å². The van der Waals surface area contributed by atoms with Gasteiger partial charge in [0.2, 0.25) is 0 Å². The van der Waals surface area contributed by atoms with Crippen molar-refractivity contribution in [2.45, 2.75) is 25.3 Å². The number of carbonyl (C=O) groups excluding carboxylic acids is 1. The maximum absolute atomic E-state index is 12.0. The van der Waals surface area contributed by atoms with Crippen LogP contribution in [0, 0.1) is 0 Å². The van der Waals surface area contributed by atoms with Crippen molar-refractivity contribution in [3.8, 4) is 0 Å². The first-order valence-electron chi connectivity index (χ1n) is 7.22. The van der Waals surface area contributed by atoms with E-state index in [4.69, 9.17) is 0 Å². The molecule has 0 aliphatic carbocycles. The van der Waals surface area contributed by atoms with E-state index in [-0.39, 0.29) is 5.91 Å². The Morgan fingerprint density at radius 1 is 1.43 bits per heavy atom. The van der Waals surface area contributed by atoms with E-state index in [9.17, 15) is 4.79 Å². The van der Waals surface area contributed by atoms with Gasteiger partial charge in [-0.1, -0.05) is 5.21 Å². The molecule has 2 aromatic rings. The number of H-pyrrole nitrogens is 1. The van der Waals surface area contributed by atoms with E-state index in [1.807, 2.05) is 4.68 Å². The normalized spacial score (nSPS) is 16.0. The van der Waals surface area contributed by atoms with Gasteiger partial charge in [-0.2, -0.15) is 0 Å². The summed E-state index contributed by atoms with van der Waals surface area (Å²) in [7, 11) is 0. The highest BCUT2D eigenvalue weighted by Crippen LogP contribution is 2.16. The van der Waals surface area contributed by atoms with Gasteiger partial charge in [-0.15, -0.1) is 5.10 Å². The Balaban J connectivity index is 1.51. The van der Waals surface area contributed by atoms with Crippen LogP contribution in [0.4, 0.5) is 0 Å². The zero-order chi connectivity index (χ0) is 14.5. The standard InChI is InChI=1S/C13H19N7O/c21-13(17-6-3-12-15-7-8-16-12)11-9-20(19-18-11)10-1-4-14-5-2-10/h7-10,14H,1-6H2,(H,15,16)(H,17,21). The zero-order valence-electron chi connectivity index (χ0n) is 11.7. The first-order valence-corrected chi connectivity index (χ1v) is 7.22. The minimum Gasteiger partial charge on any atom is -0.350 e. The average molecular weight is 289 g/mol. The first-order chi connectivity index (χ1) is 10.3. The molecule has 0 unspecified atom stereocenters. The summed E-state index contributed by atoms with van der Waals surface area (Å²) < 4.78 is 1.81. The Hall–Kier alpha value is -2.22. The number of carbonyl (C=O) groups is 1.